The van der Waals surface area contributed by atoms with Crippen molar-refractivity contribution >= 4 is 22.1 Å². The van der Waals surface area contributed by atoms with Crippen LogP contribution in [0.3, 0.4) is 0 Å². The molecule has 0 atom stereocenters. The van der Waals surface area contributed by atoms with E-state index in [9.17, 15) is 13.2 Å². The van der Waals surface area contributed by atoms with E-state index in [4.69, 9.17) is 14.2 Å². The fourth-order valence-corrected chi connectivity index (χ4v) is 4.03. The number of fused-ring (bicyclic) bond motifs is 1. The van der Waals surface area contributed by atoms with Gasteiger partial charge < -0.3 is 19.1 Å². The van der Waals surface area contributed by atoms with Crippen LogP contribution >= 0.6 is 0 Å². The quantitative estimate of drug-likeness (QED) is 0.454. The molecule has 0 spiro atoms. The van der Waals surface area contributed by atoms with Gasteiger partial charge in [0.25, 0.3) is 10.0 Å². The van der Waals surface area contributed by atoms with Crippen LogP contribution in [0.25, 0.3) is 0 Å². The van der Waals surface area contributed by atoms with Gasteiger partial charge in [-0.2, -0.15) is 13.5 Å². The topological polar surface area (TPSA) is 107 Å². The largest absolute Gasteiger partial charge is 0.492 e. The molecule has 1 heterocycles. The van der Waals surface area contributed by atoms with Crippen LogP contribution in [0, 0.1) is 6.92 Å². The van der Waals surface area contributed by atoms with Crippen molar-refractivity contribution in [2.24, 2.45) is 5.10 Å². The molecule has 0 radical (unpaired) electrons. The van der Waals surface area contributed by atoms with E-state index in [0.717, 1.165) is 11.1 Å². The van der Waals surface area contributed by atoms with Crippen LogP contribution in [0.15, 0.2) is 40.3 Å². The Bertz CT molecular complexity index is 1110. The number of benzene rings is 2. The summed E-state index contributed by atoms with van der Waals surface area (Å²) in [6.45, 7) is 4.20. The van der Waals surface area contributed by atoms with E-state index >= 15 is 0 Å². The second-order valence-corrected chi connectivity index (χ2v) is 8.96. The molecule has 1 aliphatic rings. The molecule has 1 aliphatic heterocycles. The highest BCUT2D eigenvalue weighted by Crippen LogP contribution is 2.44. The highest BCUT2D eigenvalue weighted by Gasteiger charge is 2.25. The number of sulfonamides is 1. The van der Waals surface area contributed by atoms with Gasteiger partial charge in [-0.05, 0) is 37.1 Å². The van der Waals surface area contributed by atoms with E-state index in [-0.39, 0.29) is 17.6 Å². The minimum Gasteiger partial charge on any atom is -0.492 e. The van der Waals surface area contributed by atoms with Crippen molar-refractivity contribution < 1.29 is 27.4 Å². The number of carbonyl (C=O) groups excluding carboxylic acids is 1. The van der Waals surface area contributed by atoms with Crippen molar-refractivity contribution in [2.45, 2.75) is 31.6 Å². The molecule has 172 valence electrons. The van der Waals surface area contributed by atoms with Crippen molar-refractivity contribution in [2.75, 3.05) is 27.5 Å². The molecule has 0 saturated heterocycles. The molecule has 32 heavy (non-hydrogen) atoms. The molecule has 3 rings (SSSR count). The number of aryl methyl sites for hydroxylation is 1. The summed E-state index contributed by atoms with van der Waals surface area (Å²) in [6.07, 6.45) is 2.28. The molecule has 1 amide bonds. The molecule has 10 heteroatoms. The summed E-state index contributed by atoms with van der Waals surface area (Å²) in [7, 11) is -0.606. The van der Waals surface area contributed by atoms with Crippen LogP contribution in [0.4, 0.5) is 0 Å². The Kier molecular flexibility index (Phi) is 7.24. The maximum Gasteiger partial charge on any atom is 0.276 e. The number of rotatable bonds is 9. The van der Waals surface area contributed by atoms with Crippen molar-refractivity contribution in [3.8, 4) is 17.2 Å². The van der Waals surface area contributed by atoms with Crippen LogP contribution < -0.4 is 19.0 Å². The van der Waals surface area contributed by atoms with Crippen molar-refractivity contribution in [3.05, 3.63) is 47.0 Å². The number of hydrazone groups is 1. The molecular formula is C22H27N3O6S. The SMILES string of the molecule is CCC(=O)N(C)CCc1cc2c(c(OC)c1/C=N\NS(=O)(=O)c1ccc(C)cc1)OCO2. The van der Waals surface area contributed by atoms with Gasteiger partial charge in [0.1, 0.15) is 0 Å². The standard InChI is InChI=1S/C22H27N3O6S/c1-5-20(26)25(3)11-10-16-12-19-22(31-14-30-19)21(29-4)18(16)13-23-24-32(27,28)17-8-6-15(2)7-9-17/h6-9,12-13,24H,5,10-11,14H2,1-4H3/b23-13-. The fraction of sp³-hybridized carbons (Fsp3) is 0.364. The lowest BCUT2D eigenvalue weighted by Crippen LogP contribution is -2.28. The van der Waals surface area contributed by atoms with E-state index in [1.54, 1.807) is 37.1 Å². The second-order valence-electron chi connectivity index (χ2n) is 7.30. The van der Waals surface area contributed by atoms with Gasteiger partial charge in [-0.1, -0.05) is 24.6 Å². The highest BCUT2D eigenvalue weighted by molar-refractivity contribution is 7.89. The van der Waals surface area contributed by atoms with E-state index < -0.39 is 10.0 Å². The summed E-state index contributed by atoms with van der Waals surface area (Å²) in [4.78, 5) is 15.9. The van der Waals surface area contributed by atoms with Crippen molar-refractivity contribution in [1.82, 2.24) is 9.73 Å². The number of hydrogen-bond donors (Lipinski definition) is 1. The average Bonchev–Trinajstić information content (AvgIpc) is 3.25. The lowest BCUT2D eigenvalue weighted by molar-refractivity contribution is -0.129. The zero-order valence-electron chi connectivity index (χ0n) is 18.5. The first-order valence-corrected chi connectivity index (χ1v) is 11.6. The maximum absolute atomic E-state index is 12.5. The van der Waals surface area contributed by atoms with Gasteiger partial charge in [0.2, 0.25) is 18.4 Å². The molecule has 0 aliphatic carbocycles. The first-order valence-electron chi connectivity index (χ1n) is 10.1. The van der Waals surface area contributed by atoms with Gasteiger partial charge in [0.05, 0.1) is 18.2 Å². The number of amides is 1. The van der Waals surface area contributed by atoms with Crippen LogP contribution in [-0.2, 0) is 21.2 Å². The first-order chi connectivity index (χ1) is 15.3. The van der Waals surface area contributed by atoms with Crippen LogP contribution in [0.2, 0.25) is 0 Å². The average molecular weight is 462 g/mol. The molecule has 0 bridgehead atoms. The number of hydrogen-bond acceptors (Lipinski definition) is 7. The Labute approximate surface area is 188 Å². The monoisotopic (exact) mass is 461 g/mol. The zero-order chi connectivity index (χ0) is 23.3. The first kappa shape index (κ1) is 23.4. The Hall–Kier alpha value is -3.27. The molecule has 0 saturated carbocycles. The van der Waals surface area contributed by atoms with Gasteiger partial charge in [-0.15, -0.1) is 0 Å². The Morgan fingerprint density at radius 2 is 2.00 bits per heavy atom. The van der Waals surface area contributed by atoms with Gasteiger partial charge in [-0.25, -0.2) is 4.83 Å². The molecular weight excluding hydrogens is 434 g/mol. The smallest absolute Gasteiger partial charge is 0.276 e. The number of methoxy groups -OCH3 is 1. The number of likely N-dealkylation sites (N-methyl/N-ethyl adjacent to an activating group) is 1. The van der Waals surface area contributed by atoms with Crippen LogP contribution in [0.5, 0.6) is 17.2 Å². The Morgan fingerprint density at radius 1 is 1.28 bits per heavy atom. The molecule has 0 aromatic heterocycles. The summed E-state index contributed by atoms with van der Waals surface area (Å²) in [5.41, 5.74) is 2.27. The molecule has 0 unspecified atom stereocenters. The third kappa shape index (κ3) is 5.13. The number of ether oxygens (including phenoxy) is 3. The summed E-state index contributed by atoms with van der Waals surface area (Å²) in [6, 6.07) is 8.25. The summed E-state index contributed by atoms with van der Waals surface area (Å²) < 4.78 is 41.6. The Balaban J connectivity index is 1.89. The summed E-state index contributed by atoms with van der Waals surface area (Å²) >= 11 is 0. The van der Waals surface area contributed by atoms with Crippen molar-refractivity contribution in [3.63, 3.8) is 0 Å². The third-order valence-electron chi connectivity index (χ3n) is 5.09. The lowest BCUT2D eigenvalue weighted by atomic mass is 10.0. The summed E-state index contributed by atoms with van der Waals surface area (Å²) in [5, 5.41) is 3.97. The normalized spacial score (nSPS) is 12.8. The molecule has 0 fully saturated rings. The molecule has 9 nitrogen and oxygen atoms in total. The van der Waals surface area contributed by atoms with Crippen molar-refractivity contribution in [1.29, 1.82) is 0 Å². The van der Waals surface area contributed by atoms with Gasteiger partial charge in [-0.3, -0.25) is 4.79 Å². The second kappa shape index (κ2) is 9.90. The minimum absolute atomic E-state index is 0.0267. The van der Waals surface area contributed by atoms with E-state index in [0.29, 0.717) is 42.2 Å². The maximum atomic E-state index is 12.5. The third-order valence-corrected chi connectivity index (χ3v) is 6.33. The molecule has 2 aromatic carbocycles. The molecule has 2 aromatic rings. The van der Waals surface area contributed by atoms with E-state index in [1.165, 1.54) is 25.5 Å². The zero-order valence-corrected chi connectivity index (χ0v) is 19.4. The number of carbonyl (C=O) groups is 1. The predicted molar refractivity (Wildman–Crippen MR) is 120 cm³/mol. The summed E-state index contributed by atoms with van der Waals surface area (Å²) in [5.74, 6) is 1.37. The van der Waals surface area contributed by atoms with Gasteiger partial charge in [0, 0.05) is 25.6 Å². The van der Waals surface area contributed by atoms with E-state index in [2.05, 4.69) is 9.93 Å². The lowest BCUT2D eigenvalue weighted by Gasteiger charge is -2.18. The van der Waals surface area contributed by atoms with Crippen LogP contribution in [0.1, 0.15) is 30.0 Å². The predicted octanol–water partition coefficient (Wildman–Crippen LogP) is 2.46. The van der Waals surface area contributed by atoms with E-state index in [1.807, 2.05) is 6.92 Å². The van der Waals surface area contributed by atoms with Gasteiger partial charge >= 0.3 is 0 Å². The van der Waals surface area contributed by atoms with Crippen LogP contribution in [-0.4, -0.2) is 52.9 Å². The highest BCUT2D eigenvalue weighted by atomic mass is 32.2. The fourth-order valence-electron chi connectivity index (χ4n) is 3.24. The number of nitrogens with one attached hydrogen (secondary N) is 1. The van der Waals surface area contributed by atoms with Gasteiger partial charge in [0.15, 0.2) is 11.5 Å². The Morgan fingerprint density at radius 3 is 2.66 bits per heavy atom. The number of nitrogens with zero attached hydrogens (tertiary/aromatic N) is 2. The molecule has 1 N–H and O–H groups in total. The minimum atomic E-state index is -3.83.